The van der Waals surface area contributed by atoms with Gasteiger partial charge < -0.3 is 9.80 Å². The third-order valence-electron chi connectivity index (χ3n) is 16.9. The maximum absolute atomic E-state index is 2.56. The maximum atomic E-state index is 2.56. The zero-order valence-electron chi connectivity index (χ0n) is 40.5. The largest absolute Gasteiger partial charge is 0.310 e. The number of rotatable bonds is 5. The van der Waals surface area contributed by atoms with Gasteiger partial charge in [-0.2, -0.15) is 0 Å². The van der Waals surface area contributed by atoms with Crippen molar-refractivity contribution in [2.75, 3.05) is 9.80 Å². The van der Waals surface area contributed by atoms with Gasteiger partial charge in [-0.15, -0.1) is 0 Å². The number of fused-ring (bicyclic) bond motifs is 20. The predicted octanol–water partition coefficient (Wildman–Crippen LogP) is 18.5. The average Bonchev–Trinajstić information content (AvgIpc) is 4.09. The lowest BCUT2D eigenvalue weighted by molar-refractivity contribution is 0.752. The number of anilines is 6. The monoisotopic (exact) mass is 938 g/mol. The molecule has 0 fully saturated rings. The van der Waals surface area contributed by atoms with Crippen LogP contribution in [-0.2, 0) is 10.8 Å². The topological polar surface area (TPSA) is 6.48 Å². The highest BCUT2D eigenvalue weighted by Crippen LogP contribution is 2.67. The van der Waals surface area contributed by atoms with Gasteiger partial charge in [0.2, 0.25) is 0 Å². The molecule has 0 atom stereocenters. The van der Waals surface area contributed by atoms with Crippen LogP contribution in [0, 0.1) is 0 Å². The summed E-state index contributed by atoms with van der Waals surface area (Å²) in [5, 5.41) is 2.49. The van der Waals surface area contributed by atoms with Crippen LogP contribution in [0.2, 0.25) is 0 Å². The Hall–Kier alpha value is -9.50. The van der Waals surface area contributed by atoms with E-state index < -0.39 is 10.8 Å². The lowest BCUT2D eigenvalue weighted by atomic mass is 9.64. The van der Waals surface area contributed by atoms with Gasteiger partial charge in [-0.3, -0.25) is 0 Å². The quantitative estimate of drug-likeness (QED) is 0.170. The molecule has 0 aromatic heterocycles. The van der Waals surface area contributed by atoms with Gasteiger partial charge in [0.1, 0.15) is 0 Å². The first-order chi connectivity index (χ1) is 36.7. The molecule has 0 bridgehead atoms. The molecule has 0 radical (unpaired) electrons. The average molecular weight is 939 g/mol. The molecule has 4 aliphatic rings. The first-order valence-electron chi connectivity index (χ1n) is 25.8. The number of para-hydroxylation sites is 3. The Kier molecular flexibility index (Phi) is 8.62. The van der Waals surface area contributed by atoms with E-state index in [0.717, 1.165) is 22.7 Å². The molecule has 0 amide bonds. The summed E-state index contributed by atoms with van der Waals surface area (Å²) in [5.74, 6) is 0. The summed E-state index contributed by atoms with van der Waals surface area (Å²) in [5.41, 5.74) is 26.3. The zero-order valence-corrected chi connectivity index (χ0v) is 40.5. The SMILES string of the molecule is c1ccc(N2c3ccccc3C3(c4ccccc4-c4c(N(c5ccc(-c6cccc7ccccc67)cc5)c5ccc6c(c5)C5(c7ccccc7-c7ccccc75)c5ccccc5-6)cccc43)c3ccccc32)cc1. The number of hydrogen-bond acceptors (Lipinski definition) is 2. The number of benzene rings is 12. The van der Waals surface area contributed by atoms with Gasteiger partial charge in [-0.1, -0.05) is 224 Å². The van der Waals surface area contributed by atoms with Crippen molar-refractivity contribution in [2.45, 2.75) is 10.8 Å². The van der Waals surface area contributed by atoms with Crippen LogP contribution in [0.1, 0.15) is 44.5 Å². The summed E-state index contributed by atoms with van der Waals surface area (Å²) in [6.45, 7) is 0. The van der Waals surface area contributed by atoms with Crippen molar-refractivity contribution >= 4 is 44.9 Å². The van der Waals surface area contributed by atoms with Crippen LogP contribution in [0.3, 0.4) is 0 Å². The van der Waals surface area contributed by atoms with Crippen LogP contribution in [0.5, 0.6) is 0 Å². The fraction of sp³-hybridized carbons (Fsp3) is 0.0278. The Morgan fingerprint density at radius 1 is 0.284 bits per heavy atom. The minimum absolute atomic E-state index is 0.492. The summed E-state index contributed by atoms with van der Waals surface area (Å²) < 4.78 is 0. The Labute approximate surface area is 431 Å². The molecule has 74 heavy (non-hydrogen) atoms. The Balaban J connectivity index is 0.973. The van der Waals surface area contributed by atoms with E-state index in [-0.39, 0.29) is 0 Å². The van der Waals surface area contributed by atoms with E-state index in [9.17, 15) is 0 Å². The molecule has 0 saturated heterocycles. The molecular weight excluding hydrogens is 893 g/mol. The van der Waals surface area contributed by atoms with Crippen LogP contribution in [0.25, 0.3) is 55.3 Å². The summed E-state index contributed by atoms with van der Waals surface area (Å²) >= 11 is 0. The molecule has 2 heteroatoms. The van der Waals surface area contributed by atoms with Crippen molar-refractivity contribution in [2.24, 2.45) is 0 Å². The third-order valence-corrected chi connectivity index (χ3v) is 16.9. The molecule has 0 unspecified atom stereocenters. The molecule has 3 aliphatic carbocycles. The summed E-state index contributed by atoms with van der Waals surface area (Å²) in [7, 11) is 0. The Bertz CT molecular complexity index is 4160. The molecule has 0 N–H and O–H groups in total. The zero-order chi connectivity index (χ0) is 48.5. The van der Waals surface area contributed by atoms with E-state index in [1.165, 1.54) is 111 Å². The standard InChI is InChI=1S/C72H46N2/c1-2-22-49(23-3-1)74-67-37-16-14-34-63(67)72(64-35-15-17-38-68(64)74)62-33-13-9-28-58(62)70-65(72)36-19-39-69(70)73(50-42-40-48(41-43-50)53-29-18-21-47-20-4-5-24-52(47)53)51-44-45-57-56-27-8-12-32-61(56)71(66(57)46-51)59-30-10-6-25-54(59)55-26-7-11-31-60(55)71/h1-46H. The van der Waals surface area contributed by atoms with Gasteiger partial charge >= 0.3 is 0 Å². The van der Waals surface area contributed by atoms with E-state index in [2.05, 4.69) is 289 Å². The van der Waals surface area contributed by atoms with Crippen molar-refractivity contribution in [3.63, 3.8) is 0 Å². The van der Waals surface area contributed by atoms with Gasteiger partial charge in [-0.05, 0) is 149 Å². The Morgan fingerprint density at radius 3 is 1.38 bits per heavy atom. The molecular formula is C72H46N2. The summed E-state index contributed by atoms with van der Waals surface area (Å²) in [6, 6.07) is 105. The highest BCUT2D eigenvalue weighted by atomic mass is 15.2. The van der Waals surface area contributed by atoms with Crippen LogP contribution in [0.4, 0.5) is 34.1 Å². The first-order valence-corrected chi connectivity index (χ1v) is 25.8. The fourth-order valence-corrected chi connectivity index (χ4v) is 14.1. The fourth-order valence-electron chi connectivity index (χ4n) is 14.1. The Morgan fingerprint density at radius 2 is 0.730 bits per heavy atom. The second-order valence-electron chi connectivity index (χ2n) is 20.2. The van der Waals surface area contributed by atoms with Gasteiger partial charge in [0.05, 0.1) is 27.9 Å². The van der Waals surface area contributed by atoms with E-state index in [4.69, 9.17) is 0 Å². The van der Waals surface area contributed by atoms with E-state index in [1.54, 1.807) is 0 Å². The first kappa shape index (κ1) is 41.2. The molecule has 1 heterocycles. The van der Waals surface area contributed by atoms with E-state index in [1.807, 2.05) is 0 Å². The molecule has 12 aromatic rings. The summed E-state index contributed by atoms with van der Waals surface area (Å²) in [6.07, 6.45) is 0. The van der Waals surface area contributed by atoms with Crippen molar-refractivity contribution in [1.82, 2.24) is 0 Å². The van der Waals surface area contributed by atoms with Gasteiger partial charge in [0.25, 0.3) is 0 Å². The van der Waals surface area contributed by atoms with Crippen molar-refractivity contribution < 1.29 is 0 Å². The van der Waals surface area contributed by atoms with Crippen LogP contribution in [0.15, 0.2) is 279 Å². The number of hydrogen-bond donors (Lipinski definition) is 0. The van der Waals surface area contributed by atoms with Crippen LogP contribution >= 0.6 is 0 Å². The molecule has 344 valence electrons. The van der Waals surface area contributed by atoms with Crippen molar-refractivity contribution in [1.29, 1.82) is 0 Å². The number of nitrogens with zero attached hydrogens (tertiary/aromatic N) is 2. The smallest absolute Gasteiger partial charge is 0.0755 e. The predicted molar refractivity (Wildman–Crippen MR) is 306 cm³/mol. The van der Waals surface area contributed by atoms with Gasteiger partial charge in [0, 0.05) is 22.6 Å². The lowest BCUT2D eigenvalue weighted by Gasteiger charge is -2.45. The van der Waals surface area contributed by atoms with Gasteiger partial charge in [0.15, 0.2) is 0 Å². The maximum Gasteiger partial charge on any atom is 0.0755 e. The highest BCUT2D eigenvalue weighted by Gasteiger charge is 2.54. The second kappa shape index (κ2) is 15.5. The van der Waals surface area contributed by atoms with Crippen molar-refractivity contribution in [3.05, 3.63) is 324 Å². The lowest BCUT2D eigenvalue weighted by Crippen LogP contribution is -2.36. The minimum Gasteiger partial charge on any atom is -0.310 e. The highest BCUT2D eigenvalue weighted by molar-refractivity contribution is 6.03. The molecule has 12 aromatic carbocycles. The van der Waals surface area contributed by atoms with E-state index >= 15 is 0 Å². The normalized spacial score (nSPS) is 14.1. The van der Waals surface area contributed by atoms with Crippen LogP contribution < -0.4 is 9.80 Å². The molecule has 16 rings (SSSR count). The van der Waals surface area contributed by atoms with Crippen LogP contribution in [-0.4, -0.2) is 0 Å². The molecule has 0 saturated carbocycles. The minimum atomic E-state index is -0.606. The summed E-state index contributed by atoms with van der Waals surface area (Å²) in [4.78, 5) is 5.02. The second-order valence-corrected chi connectivity index (χ2v) is 20.2. The van der Waals surface area contributed by atoms with Crippen molar-refractivity contribution in [3.8, 4) is 44.5 Å². The van der Waals surface area contributed by atoms with E-state index in [0.29, 0.717) is 0 Å². The third kappa shape index (κ3) is 5.33. The molecule has 1 aliphatic heterocycles. The molecule has 2 spiro atoms. The molecule has 2 nitrogen and oxygen atoms in total. The van der Waals surface area contributed by atoms with Gasteiger partial charge in [-0.25, -0.2) is 0 Å².